The van der Waals surface area contributed by atoms with Gasteiger partial charge in [0.25, 0.3) is 0 Å². The van der Waals surface area contributed by atoms with Gasteiger partial charge in [0, 0.05) is 36.9 Å². The van der Waals surface area contributed by atoms with E-state index in [2.05, 4.69) is 34.9 Å². The van der Waals surface area contributed by atoms with E-state index < -0.39 is 8.07 Å². The zero-order valence-electron chi connectivity index (χ0n) is 30.0. The maximum Gasteiger partial charge on any atom is 0.338 e. The molecule has 0 spiro atoms. The van der Waals surface area contributed by atoms with Crippen LogP contribution in [0.1, 0.15) is 54.1 Å². The molecule has 49 heavy (non-hydrogen) atoms. The summed E-state index contributed by atoms with van der Waals surface area (Å²) in [7, 11) is 1.61. The minimum atomic E-state index is -1.15. The van der Waals surface area contributed by atoms with Gasteiger partial charge < -0.3 is 14.2 Å². The fraction of sp³-hybridized carbons (Fsp3) is 0.429. The topological polar surface area (TPSA) is 108 Å². The summed E-state index contributed by atoms with van der Waals surface area (Å²) in [6.07, 6.45) is 0. The normalized spacial score (nSPS) is 10.9. The number of halogens is 4. The Bertz CT molecular complexity index is 1770. The first kappa shape index (κ1) is 42.3. The summed E-state index contributed by atoms with van der Waals surface area (Å²) >= 11 is 21.8. The van der Waals surface area contributed by atoms with Crippen LogP contribution in [0, 0.1) is 41.5 Å². The minimum Gasteiger partial charge on any atom is -0.465 e. The molecular weight excluding hydrogens is 726 g/mol. The summed E-state index contributed by atoms with van der Waals surface area (Å²) in [5, 5.41) is 12.5. The molecule has 0 unspecified atom stereocenters. The number of carbonyl (C=O) groups excluding carboxylic acids is 2. The molecule has 268 valence electrons. The van der Waals surface area contributed by atoms with E-state index >= 15 is 0 Å². The second-order valence-corrected chi connectivity index (χ2v) is 19.8. The molecule has 4 aromatic rings. The number of aryl methyl sites for hydroxylation is 4. The number of alkyl halides is 2. The summed E-state index contributed by atoms with van der Waals surface area (Å²) in [6.45, 7) is 19.6. The third-order valence-electron chi connectivity index (χ3n) is 7.76. The number of hydrogen-bond acceptors (Lipinski definition) is 7. The number of methoxy groups -OCH3 is 2. The number of ether oxygens (including phenoxy) is 3. The molecule has 2 heterocycles. The monoisotopic (exact) mass is 770 g/mol. The highest BCUT2D eigenvalue weighted by atomic mass is 35.5. The number of H-pyrrole nitrogens is 1. The average molecular weight is 773 g/mol. The number of nitrogens with zero attached hydrogens (tertiary/aromatic N) is 3. The van der Waals surface area contributed by atoms with Crippen LogP contribution in [0.15, 0.2) is 24.3 Å². The van der Waals surface area contributed by atoms with Crippen LogP contribution in [-0.4, -0.2) is 66.2 Å². The highest BCUT2D eigenvalue weighted by Crippen LogP contribution is 2.33. The van der Waals surface area contributed by atoms with Crippen LogP contribution in [0.4, 0.5) is 0 Å². The van der Waals surface area contributed by atoms with E-state index in [0.717, 1.165) is 61.9 Å². The summed E-state index contributed by atoms with van der Waals surface area (Å²) in [5.41, 5.74) is 10.1. The van der Waals surface area contributed by atoms with Crippen LogP contribution < -0.4 is 0 Å². The Morgan fingerprint density at radius 3 is 1.73 bits per heavy atom. The maximum absolute atomic E-state index is 12.1. The third kappa shape index (κ3) is 11.3. The molecule has 0 radical (unpaired) electrons. The molecular formula is C35H46Cl4N4O5Si. The third-order valence-corrected chi connectivity index (χ3v) is 10.2. The van der Waals surface area contributed by atoms with E-state index in [0.29, 0.717) is 34.8 Å². The Kier molecular flexibility index (Phi) is 16.4. The summed E-state index contributed by atoms with van der Waals surface area (Å²) in [4.78, 5) is 23.9. The number of rotatable bonds is 9. The van der Waals surface area contributed by atoms with Gasteiger partial charge in [-0.25, -0.2) is 14.3 Å². The van der Waals surface area contributed by atoms with Crippen molar-refractivity contribution in [2.24, 2.45) is 0 Å². The van der Waals surface area contributed by atoms with Gasteiger partial charge >= 0.3 is 11.9 Å². The van der Waals surface area contributed by atoms with Gasteiger partial charge in [-0.2, -0.15) is 10.2 Å². The molecule has 2 aromatic carbocycles. The smallest absolute Gasteiger partial charge is 0.338 e. The van der Waals surface area contributed by atoms with Crippen molar-refractivity contribution in [3.8, 4) is 22.5 Å². The predicted octanol–water partition coefficient (Wildman–Crippen LogP) is 10.1. The minimum absolute atomic E-state index is 0.194. The average Bonchev–Trinajstić information content (AvgIpc) is 3.51. The molecule has 0 fully saturated rings. The Balaban J connectivity index is 0.000000330. The highest BCUT2D eigenvalue weighted by Gasteiger charge is 2.21. The lowest BCUT2D eigenvalue weighted by Crippen LogP contribution is -2.22. The number of aromatic nitrogens is 4. The zero-order valence-corrected chi connectivity index (χ0v) is 34.1. The quantitative estimate of drug-likeness (QED) is 0.0781. The Hall–Kier alpha value is -2.86. The lowest BCUT2D eigenvalue weighted by Gasteiger charge is -2.17. The maximum atomic E-state index is 12.1. The van der Waals surface area contributed by atoms with Gasteiger partial charge in [0.15, 0.2) is 5.15 Å². The van der Waals surface area contributed by atoms with E-state index in [1.54, 1.807) is 10.7 Å². The number of hydrogen-bond donors (Lipinski definition) is 1. The summed E-state index contributed by atoms with van der Waals surface area (Å²) in [5.74, 6) is -0.701. The molecule has 2 aromatic heterocycles. The van der Waals surface area contributed by atoms with Crippen LogP contribution in [0.5, 0.6) is 0 Å². The van der Waals surface area contributed by atoms with Crippen LogP contribution >= 0.6 is 46.4 Å². The fourth-order valence-corrected chi connectivity index (χ4v) is 6.07. The second-order valence-electron chi connectivity index (χ2n) is 12.7. The Morgan fingerprint density at radius 1 is 0.796 bits per heavy atom. The molecule has 0 saturated heterocycles. The zero-order chi connectivity index (χ0) is 37.2. The van der Waals surface area contributed by atoms with Crippen molar-refractivity contribution in [2.45, 2.75) is 74.0 Å². The van der Waals surface area contributed by atoms with Gasteiger partial charge in [0.05, 0.1) is 42.1 Å². The first-order valence-corrected chi connectivity index (χ1v) is 21.0. The molecule has 0 aliphatic carbocycles. The first-order valence-electron chi connectivity index (χ1n) is 15.4. The van der Waals surface area contributed by atoms with E-state index in [1.807, 2.05) is 59.7 Å². The molecule has 0 aliphatic heterocycles. The largest absolute Gasteiger partial charge is 0.465 e. The van der Waals surface area contributed by atoms with E-state index in [9.17, 15) is 9.59 Å². The van der Waals surface area contributed by atoms with Gasteiger partial charge in [-0.1, -0.05) is 55.0 Å². The predicted molar refractivity (Wildman–Crippen MR) is 203 cm³/mol. The van der Waals surface area contributed by atoms with Crippen molar-refractivity contribution >= 4 is 66.4 Å². The first-order chi connectivity index (χ1) is 22.9. The number of benzene rings is 2. The molecule has 0 bridgehead atoms. The van der Waals surface area contributed by atoms with Crippen molar-refractivity contribution in [3.05, 3.63) is 79.1 Å². The van der Waals surface area contributed by atoms with Crippen LogP contribution in [0.2, 0.25) is 36.0 Å². The molecule has 0 aliphatic rings. The molecule has 0 atom stereocenters. The second kappa shape index (κ2) is 18.9. The van der Waals surface area contributed by atoms with Crippen molar-refractivity contribution in [2.75, 3.05) is 26.2 Å². The number of nitrogens with one attached hydrogen (secondary N) is 1. The lowest BCUT2D eigenvalue weighted by atomic mass is 9.96. The molecule has 0 saturated carbocycles. The molecule has 9 nitrogen and oxygen atoms in total. The standard InChI is InChI=1S/C20H29ClN2O3Si.C14H15ClN2O2.CH2Cl2/c1-13-10-14(2)17(20(24)25-4)11-16(13)18-15(3)19(21)22-23(18)12-26-8-9-27(5,6)7;1-7-5-8(2)11(14(18)19-4)6-10(7)12-9(3)13(15)17-16-12;2-1-3/h10-11H,8-9,12H2,1-7H3;5-6H,1-4H3,(H,16,17);1H2. The van der Waals surface area contributed by atoms with Crippen molar-refractivity contribution in [3.63, 3.8) is 0 Å². The molecule has 0 amide bonds. The van der Waals surface area contributed by atoms with Gasteiger partial charge in [-0.3, -0.25) is 5.10 Å². The van der Waals surface area contributed by atoms with Crippen molar-refractivity contribution in [1.29, 1.82) is 0 Å². The SMILES string of the molecule is COC(=O)c1cc(-c2c(C)c(Cl)nn2COCC[Si](C)(C)C)c(C)cc1C.COC(=O)c1cc(-c2n[nH]c(Cl)c2C)c(C)cc1C.ClCCl. The summed E-state index contributed by atoms with van der Waals surface area (Å²) < 4.78 is 17.4. The van der Waals surface area contributed by atoms with Gasteiger partial charge in [0.1, 0.15) is 11.9 Å². The summed E-state index contributed by atoms with van der Waals surface area (Å²) in [6, 6.07) is 8.68. The number of aromatic amines is 1. The Morgan fingerprint density at radius 2 is 1.29 bits per heavy atom. The Labute approximate surface area is 310 Å². The molecule has 4 rings (SSSR count). The van der Waals surface area contributed by atoms with Crippen LogP contribution in [-0.2, 0) is 20.9 Å². The molecule has 1 N–H and O–H groups in total. The van der Waals surface area contributed by atoms with E-state index in [4.69, 9.17) is 60.6 Å². The lowest BCUT2D eigenvalue weighted by molar-refractivity contribution is 0.0591. The van der Waals surface area contributed by atoms with Crippen LogP contribution in [0.3, 0.4) is 0 Å². The van der Waals surface area contributed by atoms with Gasteiger partial charge in [-0.15, -0.1) is 23.2 Å². The highest BCUT2D eigenvalue weighted by molar-refractivity contribution is 6.76. The fourth-order valence-electron chi connectivity index (χ4n) is 5.00. The number of carbonyl (C=O) groups is 2. The molecule has 14 heteroatoms. The van der Waals surface area contributed by atoms with Crippen LogP contribution in [0.25, 0.3) is 22.5 Å². The van der Waals surface area contributed by atoms with Gasteiger partial charge in [0.2, 0.25) is 0 Å². The number of esters is 2. The van der Waals surface area contributed by atoms with E-state index in [1.165, 1.54) is 14.2 Å². The van der Waals surface area contributed by atoms with Gasteiger partial charge in [-0.05, 0) is 82.0 Å². The van der Waals surface area contributed by atoms with Crippen molar-refractivity contribution in [1.82, 2.24) is 20.0 Å². The van der Waals surface area contributed by atoms with E-state index in [-0.39, 0.29) is 17.3 Å². The van der Waals surface area contributed by atoms with Crippen molar-refractivity contribution < 1.29 is 23.8 Å².